The summed E-state index contributed by atoms with van der Waals surface area (Å²) in [4.78, 5) is 5.33. The van der Waals surface area contributed by atoms with Gasteiger partial charge >= 0.3 is 0 Å². The Balaban J connectivity index is 0.000000202. The maximum Gasteiger partial charge on any atom is 0.0943 e. The Labute approximate surface area is 108 Å². The molecule has 0 atom stereocenters. The fraction of sp³-hybridized carbons (Fsp3) is 0.500. The third-order valence-electron chi connectivity index (χ3n) is 2.49. The number of rotatable bonds is 5. The summed E-state index contributed by atoms with van der Waals surface area (Å²) in [6.45, 7) is 2.26. The molecule has 0 saturated heterocycles. The summed E-state index contributed by atoms with van der Waals surface area (Å²) < 4.78 is 1.89. The van der Waals surface area contributed by atoms with Gasteiger partial charge in [-0.05, 0) is 24.3 Å². The monoisotopic (exact) mass is 250 g/mol. The van der Waals surface area contributed by atoms with Crippen LogP contribution in [0.1, 0.15) is 37.5 Å². The summed E-state index contributed by atoms with van der Waals surface area (Å²) in [7, 11) is 1.94. The maximum atomic E-state index is 3.78. The third-order valence-corrected chi connectivity index (χ3v) is 3.43. The van der Waals surface area contributed by atoms with Gasteiger partial charge in [-0.15, -0.1) is 11.3 Å². The Morgan fingerprint density at radius 2 is 2.18 bits per heavy atom. The zero-order valence-electron chi connectivity index (χ0n) is 10.8. The van der Waals surface area contributed by atoms with Gasteiger partial charge in [-0.2, -0.15) is 0 Å². The third kappa shape index (κ3) is 6.95. The number of hydrogen-bond donors (Lipinski definition) is 0. The van der Waals surface area contributed by atoms with Gasteiger partial charge in [0.1, 0.15) is 0 Å². The standard InChI is InChI=1S/C10H16S.C4H6N2/c1-2-3-4-5-7-10-8-6-9-11-10;1-6-3-2-5-4-6/h6,8-9H,2-5,7H2,1H3;2-4H,1H3. The van der Waals surface area contributed by atoms with Crippen LogP contribution in [0, 0.1) is 0 Å². The molecule has 94 valence electrons. The summed E-state index contributed by atoms with van der Waals surface area (Å²) in [5.74, 6) is 0. The summed E-state index contributed by atoms with van der Waals surface area (Å²) in [5.41, 5.74) is 0. The molecule has 2 nitrogen and oxygen atoms in total. The van der Waals surface area contributed by atoms with E-state index < -0.39 is 0 Å². The van der Waals surface area contributed by atoms with Crippen LogP contribution in [0.4, 0.5) is 0 Å². The molecule has 0 unspecified atom stereocenters. The molecule has 3 heteroatoms. The van der Waals surface area contributed by atoms with Crippen LogP contribution in [-0.2, 0) is 13.5 Å². The van der Waals surface area contributed by atoms with Crippen LogP contribution in [-0.4, -0.2) is 9.55 Å². The first kappa shape index (κ1) is 14.0. The molecule has 0 fully saturated rings. The number of imidazole rings is 1. The van der Waals surface area contributed by atoms with Crippen LogP contribution in [0.15, 0.2) is 36.2 Å². The molecular weight excluding hydrogens is 228 g/mol. The number of hydrogen-bond acceptors (Lipinski definition) is 2. The molecular formula is C14H22N2S. The Morgan fingerprint density at radius 1 is 1.29 bits per heavy atom. The summed E-state index contributed by atoms with van der Waals surface area (Å²) in [6.07, 6.45) is 12.2. The topological polar surface area (TPSA) is 17.8 Å². The van der Waals surface area contributed by atoms with Crippen molar-refractivity contribution in [3.63, 3.8) is 0 Å². The van der Waals surface area contributed by atoms with E-state index in [0.717, 1.165) is 0 Å². The van der Waals surface area contributed by atoms with Crippen molar-refractivity contribution >= 4 is 11.3 Å². The second-order valence-electron chi connectivity index (χ2n) is 4.12. The van der Waals surface area contributed by atoms with E-state index in [4.69, 9.17) is 0 Å². The summed E-state index contributed by atoms with van der Waals surface area (Å²) in [5, 5.41) is 2.16. The van der Waals surface area contributed by atoms with Crippen molar-refractivity contribution in [2.45, 2.75) is 39.0 Å². The molecule has 0 aromatic carbocycles. The second-order valence-corrected chi connectivity index (χ2v) is 5.15. The average molecular weight is 250 g/mol. The molecule has 0 amide bonds. The molecule has 0 aliphatic heterocycles. The van der Waals surface area contributed by atoms with Crippen LogP contribution in [0.5, 0.6) is 0 Å². The highest BCUT2D eigenvalue weighted by atomic mass is 32.1. The Hall–Kier alpha value is -1.09. The molecule has 0 bridgehead atoms. The lowest BCUT2D eigenvalue weighted by Crippen LogP contribution is -1.80. The largest absolute Gasteiger partial charge is 0.341 e. The van der Waals surface area contributed by atoms with E-state index in [-0.39, 0.29) is 0 Å². The number of aromatic nitrogens is 2. The molecule has 0 aliphatic rings. The minimum Gasteiger partial charge on any atom is -0.341 e. The molecule has 0 N–H and O–H groups in total. The van der Waals surface area contributed by atoms with Crippen molar-refractivity contribution in [3.8, 4) is 0 Å². The smallest absolute Gasteiger partial charge is 0.0943 e. The van der Waals surface area contributed by atoms with Gasteiger partial charge in [0.2, 0.25) is 0 Å². The van der Waals surface area contributed by atoms with E-state index >= 15 is 0 Å². The fourth-order valence-corrected chi connectivity index (χ4v) is 2.26. The second kappa shape index (κ2) is 8.99. The molecule has 17 heavy (non-hydrogen) atoms. The van der Waals surface area contributed by atoms with Crippen molar-refractivity contribution in [2.24, 2.45) is 7.05 Å². The van der Waals surface area contributed by atoms with E-state index in [0.29, 0.717) is 0 Å². The van der Waals surface area contributed by atoms with E-state index in [9.17, 15) is 0 Å². The highest BCUT2D eigenvalue weighted by Crippen LogP contribution is 2.12. The first-order valence-electron chi connectivity index (χ1n) is 6.27. The van der Waals surface area contributed by atoms with Crippen molar-refractivity contribution in [1.29, 1.82) is 0 Å². The lowest BCUT2D eigenvalue weighted by Gasteiger charge is -1.95. The Kier molecular flexibility index (Phi) is 7.39. The van der Waals surface area contributed by atoms with Gasteiger partial charge < -0.3 is 4.57 Å². The first-order valence-corrected chi connectivity index (χ1v) is 7.15. The van der Waals surface area contributed by atoms with Gasteiger partial charge in [0.15, 0.2) is 0 Å². The molecule has 0 saturated carbocycles. The van der Waals surface area contributed by atoms with Gasteiger partial charge in [0, 0.05) is 24.3 Å². The van der Waals surface area contributed by atoms with Crippen molar-refractivity contribution in [1.82, 2.24) is 9.55 Å². The van der Waals surface area contributed by atoms with Crippen LogP contribution in [0.25, 0.3) is 0 Å². The van der Waals surface area contributed by atoms with Gasteiger partial charge in [0.05, 0.1) is 6.33 Å². The number of thiophene rings is 1. The van der Waals surface area contributed by atoms with Gasteiger partial charge in [-0.25, -0.2) is 4.98 Å². The number of unbranched alkanes of at least 4 members (excludes halogenated alkanes) is 3. The van der Waals surface area contributed by atoms with E-state index in [1.807, 2.05) is 29.1 Å². The zero-order valence-corrected chi connectivity index (χ0v) is 11.6. The van der Waals surface area contributed by atoms with Gasteiger partial charge in [-0.1, -0.05) is 32.3 Å². The molecule has 0 spiro atoms. The van der Waals surface area contributed by atoms with Crippen molar-refractivity contribution in [3.05, 3.63) is 41.1 Å². The predicted molar refractivity (Wildman–Crippen MR) is 75.4 cm³/mol. The highest BCUT2D eigenvalue weighted by molar-refractivity contribution is 7.09. The molecule has 2 heterocycles. The minimum atomic E-state index is 1.29. The Morgan fingerprint density at radius 3 is 2.65 bits per heavy atom. The lowest BCUT2D eigenvalue weighted by atomic mass is 10.1. The van der Waals surface area contributed by atoms with Crippen LogP contribution < -0.4 is 0 Å². The number of aryl methyl sites for hydroxylation is 2. The SMILES string of the molecule is CCCCCCc1cccs1.Cn1ccnc1. The molecule has 2 aromatic heterocycles. The maximum absolute atomic E-state index is 3.78. The van der Waals surface area contributed by atoms with Crippen molar-refractivity contribution in [2.75, 3.05) is 0 Å². The molecule has 2 rings (SSSR count). The van der Waals surface area contributed by atoms with Crippen molar-refractivity contribution < 1.29 is 0 Å². The predicted octanol–water partition coefficient (Wildman–Crippen LogP) is 4.29. The van der Waals surface area contributed by atoms with Crippen LogP contribution >= 0.6 is 11.3 Å². The normalized spacial score (nSPS) is 9.76. The lowest BCUT2D eigenvalue weighted by molar-refractivity contribution is 0.670. The summed E-state index contributed by atoms with van der Waals surface area (Å²) in [6, 6.07) is 4.37. The van der Waals surface area contributed by atoms with Gasteiger partial charge in [-0.3, -0.25) is 0 Å². The quantitative estimate of drug-likeness (QED) is 0.724. The van der Waals surface area contributed by atoms with Gasteiger partial charge in [0.25, 0.3) is 0 Å². The molecule has 0 aliphatic carbocycles. The van der Waals surface area contributed by atoms with E-state index in [2.05, 4.69) is 29.4 Å². The Bertz CT molecular complexity index is 351. The minimum absolute atomic E-state index is 1.29. The summed E-state index contributed by atoms with van der Waals surface area (Å²) >= 11 is 1.88. The van der Waals surface area contributed by atoms with E-state index in [1.165, 1.54) is 32.1 Å². The first-order chi connectivity index (χ1) is 8.33. The van der Waals surface area contributed by atoms with E-state index in [1.54, 1.807) is 17.4 Å². The molecule has 0 radical (unpaired) electrons. The molecule has 2 aromatic rings. The van der Waals surface area contributed by atoms with Crippen LogP contribution in [0.2, 0.25) is 0 Å². The highest BCUT2D eigenvalue weighted by Gasteiger charge is 1.92. The average Bonchev–Trinajstić information content (AvgIpc) is 2.98. The fourth-order valence-electron chi connectivity index (χ4n) is 1.51. The van der Waals surface area contributed by atoms with Crippen LogP contribution in [0.3, 0.4) is 0 Å². The zero-order chi connectivity index (χ0) is 12.3. The number of nitrogens with zero attached hydrogens (tertiary/aromatic N) is 2.